The van der Waals surface area contributed by atoms with Gasteiger partial charge in [0.1, 0.15) is 0 Å². The second kappa shape index (κ2) is 10.2. The summed E-state index contributed by atoms with van der Waals surface area (Å²) in [5, 5.41) is 0. The molecule has 3 aliphatic rings. The van der Waals surface area contributed by atoms with Crippen molar-refractivity contribution in [3.63, 3.8) is 0 Å². The van der Waals surface area contributed by atoms with Crippen LogP contribution in [0.5, 0.6) is 0 Å². The largest absolute Gasteiger partial charge is 0.381 e. The van der Waals surface area contributed by atoms with E-state index in [1.807, 2.05) is 7.11 Å². The molecule has 0 aromatic carbocycles. The first-order chi connectivity index (χ1) is 12.7. The van der Waals surface area contributed by atoms with E-state index in [1.165, 1.54) is 77.0 Å². The van der Waals surface area contributed by atoms with E-state index in [0.717, 1.165) is 36.2 Å². The second-order valence-electron chi connectivity index (χ2n) is 9.30. The van der Waals surface area contributed by atoms with Crippen LogP contribution in [-0.2, 0) is 4.74 Å². The molecule has 3 aliphatic carbocycles. The van der Waals surface area contributed by atoms with Gasteiger partial charge in [0.05, 0.1) is 6.10 Å². The van der Waals surface area contributed by atoms with Crippen molar-refractivity contribution >= 4 is 0 Å². The number of methoxy groups -OCH3 is 1. The molecule has 3 rings (SSSR count). The molecular formula is C23H38F2O. The molecule has 0 aromatic heterocycles. The summed E-state index contributed by atoms with van der Waals surface area (Å²) in [6.45, 7) is 0. The van der Waals surface area contributed by atoms with Crippen LogP contribution in [0.15, 0.2) is 12.2 Å². The molecule has 0 saturated heterocycles. The number of ether oxygens (including phenoxy) is 1. The van der Waals surface area contributed by atoms with Gasteiger partial charge in [-0.15, -0.1) is 0 Å². The molecule has 0 radical (unpaired) electrons. The Kier molecular flexibility index (Phi) is 7.96. The van der Waals surface area contributed by atoms with Gasteiger partial charge in [-0.1, -0.05) is 12.8 Å². The molecule has 0 aliphatic heterocycles. The van der Waals surface area contributed by atoms with Gasteiger partial charge >= 0.3 is 0 Å². The van der Waals surface area contributed by atoms with Crippen LogP contribution in [0.4, 0.5) is 8.78 Å². The highest BCUT2D eigenvalue weighted by atomic mass is 19.3. The maximum Gasteiger partial charge on any atom is 0.266 e. The SMILES string of the molecule is COC1CCC(C2CCC(C3CCC(CCC=C(F)F)CC3)CC2)CC1. The molecule has 0 amide bonds. The van der Waals surface area contributed by atoms with Gasteiger partial charge in [-0.3, -0.25) is 0 Å². The van der Waals surface area contributed by atoms with Crippen LogP contribution >= 0.6 is 0 Å². The topological polar surface area (TPSA) is 9.23 Å². The maximum absolute atomic E-state index is 12.2. The standard InChI is InChI=1S/C23H38F2O/c1-26-22-15-13-21(14-16-22)20-11-9-19(10-12-20)18-7-5-17(6-8-18)3-2-4-23(24)25/h4,17-22H,2-3,5-16H2,1H3. The fourth-order valence-electron chi connectivity index (χ4n) is 6.26. The Morgan fingerprint density at radius 1 is 0.731 bits per heavy atom. The molecule has 26 heavy (non-hydrogen) atoms. The van der Waals surface area contributed by atoms with Crippen molar-refractivity contribution in [1.82, 2.24) is 0 Å². The van der Waals surface area contributed by atoms with Crippen molar-refractivity contribution in [1.29, 1.82) is 0 Å². The Labute approximate surface area is 159 Å². The lowest BCUT2D eigenvalue weighted by Gasteiger charge is -2.41. The average molecular weight is 369 g/mol. The molecule has 3 fully saturated rings. The molecule has 150 valence electrons. The van der Waals surface area contributed by atoms with Crippen molar-refractivity contribution < 1.29 is 13.5 Å². The number of allylic oxidation sites excluding steroid dienone is 1. The van der Waals surface area contributed by atoms with Crippen molar-refractivity contribution in [2.45, 2.75) is 96.0 Å². The summed E-state index contributed by atoms with van der Waals surface area (Å²) in [6.07, 6.45) is 18.0. The molecule has 0 N–H and O–H groups in total. The molecule has 0 unspecified atom stereocenters. The zero-order chi connectivity index (χ0) is 18.4. The van der Waals surface area contributed by atoms with Gasteiger partial charge in [-0.05, 0) is 113 Å². The van der Waals surface area contributed by atoms with Crippen LogP contribution in [0.1, 0.15) is 89.9 Å². The molecule has 0 bridgehead atoms. The lowest BCUT2D eigenvalue weighted by atomic mass is 9.65. The Morgan fingerprint density at radius 2 is 1.15 bits per heavy atom. The van der Waals surface area contributed by atoms with Gasteiger partial charge < -0.3 is 4.74 Å². The number of halogens is 2. The summed E-state index contributed by atoms with van der Waals surface area (Å²) < 4.78 is 29.8. The molecule has 1 nitrogen and oxygen atoms in total. The van der Waals surface area contributed by atoms with Crippen molar-refractivity contribution in [2.24, 2.45) is 29.6 Å². The maximum atomic E-state index is 12.2. The monoisotopic (exact) mass is 368 g/mol. The zero-order valence-electron chi connectivity index (χ0n) is 16.6. The van der Waals surface area contributed by atoms with E-state index in [9.17, 15) is 8.78 Å². The first kappa shape index (κ1) is 20.3. The summed E-state index contributed by atoms with van der Waals surface area (Å²) in [6, 6.07) is 0. The third-order valence-corrected chi connectivity index (χ3v) is 7.97. The van der Waals surface area contributed by atoms with Crippen molar-refractivity contribution in [2.75, 3.05) is 7.11 Å². The van der Waals surface area contributed by atoms with Gasteiger partial charge in [0.15, 0.2) is 0 Å². The lowest BCUT2D eigenvalue weighted by Crippen LogP contribution is -2.30. The van der Waals surface area contributed by atoms with Gasteiger partial charge in [-0.2, -0.15) is 8.78 Å². The first-order valence-electron chi connectivity index (χ1n) is 11.2. The van der Waals surface area contributed by atoms with Gasteiger partial charge in [0, 0.05) is 7.11 Å². The molecule has 3 heteroatoms. The molecule has 0 spiro atoms. The van der Waals surface area contributed by atoms with Crippen LogP contribution in [0.25, 0.3) is 0 Å². The summed E-state index contributed by atoms with van der Waals surface area (Å²) in [4.78, 5) is 0. The van der Waals surface area contributed by atoms with Crippen molar-refractivity contribution in [3.05, 3.63) is 12.2 Å². The number of rotatable bonds is 6. The lowest BCUT2D eigenvalue weighted by molar-refractivity contribution is 0.0355. The molecule has 0 atom stereocenters. The van der Waals surface area contributed by atoms with E-state index in [-0.39, 0.29) is 0 Å². The van der Waals surface area contributed by atoms with E-state index in [1.54, 1.807) is 0 Å². The van der Waals surface area contributed by atoms with E-state index in [0.29, 0.717) is 18.4 Å². The second-order valence-corrected chi connectivity index (χ2v) is 9.30. The fourth-order valence-corrected chi connectivity index (χ4v) is 6.26. The van der Waals surface area contributed by atoms with E-state index in [4.69, 9.17) is 4.74 Å². The minimum absolute atomic E-state index is 0.523. The molecule has 0 heterocycles. The van der Waals surface area contributed by atoms with Gasteiger partial charge in [0.25, 0.3) is 6.08 Å². The van der Waals surface area contributed by atoms with Crippen molar-refractivity contribution in [3.8, 4) is 0 Å². The molecule has 0 aromatic rings. The van der Waals surface area contributed by atoms with Crippen LogP contribution < -0.4 is 0 Å². The molecular weight excluding hydrogens is 330 g/mol. The zero-order valence-corrected chi connectivity index (χ0v) is 16.6. The van der Waals surface area contributed by atoms with E-state index in [2.05, 4.69) is 0 Å². The normalized spacial score (nSPS) is 38.7. The van der Waals surface area contributed by atoms with Crippen LogP contribution in [0, 0.1) is 29.6 Å². The minimum Gasteiger partial charge on any atom is -0.381 e. The predicted molar refractivity (Wildman–Crippen MR) is 103 cm³/mol. The molecule has 3 saturated carbocycles. The van der Waals surface area contributed by atoms with E-state index < -0.39 is 6.08 Å². The van der Waals surface area contributed by atoms with Gasteiger partial charge in [-0.25, -0.2) is 0 Å². The van der Waals surface area contributed by atoms with Crippen LogP contribution in [-0.4, -0.2) is 13.2 Å². The van der Waals surface area contributed by atoms with Crippen LogP contribution in [0.3, 0.4) is 0 Å². The van der Waals surface area contributed by atoms with Crippen LogP contribution in [0.2, 0.25) is 0 Å². The Bertz CT molecular complexity index is 421. The average Bonchev–Trinajstić information content (AvgIpc) is 2.68. The predicted octanol–water partition coefficient (Wildman–Crippen LogP) is 7.37. The Morgan fingerprint density at radius 3 is 1.58 bits per heavy atom. The minimum atomic E-state index is -1.51. The summed E-state index contributed by atoms with van der Waals surface area (Å²) >= 11 is 0. The third kappa shape index (κ3) is 5.78. The third-order valence-electron chi connectivity index (χ3n) is 7.97. The highest BCUT2D eigenvalue weighted by Crippen LogP contribution is 2.45. The first-order valence-corrected chi connectivity index (χ1v) is 11.2. The summed E-state index contributed by atoms with van der Waals surface area (Å²) in [5.41, 5.74) is 0. The Hall–Kier alpha value is -0.440. The Balaban J connectivity index is 1.34. The number of hydrogen-bond donors (Lipinski definition) is 0. The summed E-state index contributed by atoms with van der Waals surface area (Å²) in [7, 11) is 1.86. The highest BCUT2D eigenvalue weighted by Gasteiger charge is 2.34. The quantitative estimate of drug-likeness (QED) is 0.475. The van der Waals surface area contributed by atoms with E-state index >= 15 is 0 Å². The number of hydrogen-bond acceptors (Lipinski definition) is 1. The van der Waals surface area contributed by atoms with Gasteiger partial charge in [0.2, 0.25) is 0 Å². The smallest absolute Gasteiger partial charge is 0.266 e. The highest BCUT2D eigenvalue weighted by molar-refractivity contribution is 4.87. The fraction of sp³-hybridized carbons (Fsp3) is 0.913. The summed E-state index contributed by atoms with van der Waals surface area (Å²) in [5.74, 6) is 4.49.